The summed E-state index contributed by atoms with van der Waals surface area (Å²) in [5.74, 6) is -0.726. The van der Waals surface area contributed by atoms with Crippen LogP contribution in [0.5, 0.6) is 0 Å². The fourth-order valence-corrected chi connectivity index (χ4v) is 4.48. The van der Waals surface area contributed by atoms with Crippen molar-refractivity contribution in [2.24, 2.45) is 0 Å². The fourth-order valence-electron chi connectivity index (χ4n) is 3.20. The number of carbonyl (C=O) groups is 1. The first kappa shape index (κ1) is 25.2. The number of anilines is 1. The van der Waals surface area contributed by atoms with Crippen molar-refractivity contribution >= 4 is 19.9 Å². The third-order valence-electron chi connectivity index (χ3n) is 5.86. The molecule has 1 aliphatic rings. The van der Waals surface area contributed by atoms with E-state index in [1.807, 2.05) is 0 Å². The SMILES string of the molecule is CC(C)(C)[Si](C)(C)O[C@H]([C@H]1CCC(=O)N1c1ccc(C#N)c(C(F)(F)F)c1)C(F)(F)F. The van der Waals surface area contributed by atoms with Crippen LogP contribution in [0.3, 0.4) is 0 Å². The number of halogens is 6. The van der Waals surface area contributed by atoms with Gasteiger partial charge in [0.25, 0.3) is 0 Å². The number of hydrogen-bond donors (Lipinski definition) is 0. The molecular formula is C20H24F6N2O2Si. The minimum Gasteiger partial charge on any atom is -0.404 e. The van der Waals surface area contributed by atoms with E-state index in [0.717, 1.165) is 17.0 Å². The van der Waals surface area contributed by atoms with Crippen LogP contribution >= 0.6 is 0 Å². The van der Waals surface area contributed by atoms with Crippen LogP contribution in [0.15, 0.2) is 18.2 Å². The summed E-state index contributed by atoms with van der Waals surface area (Å²) in [7, 11) is -2.93. The van der Waals surface area contributed by atoms with Crippen LogP contribution in [0.1, 0.15) is 44.7 Å². The summed E-state index contributed by atoms with van der Waals surface area (Å²) in [4.78, 5) is 13.2. The maximum Gasteiger partial charge on any atom is 0.417 e. The molecular weight excluding hydrogens is 442 g/mol. The molecule has 11 heteroatoms. The van der Waals surface area contributed by atoms with Crippen molar-refractivity contribution < 1.29 is 35.6 Å². The van der Waals surface area contributed by atoms with E-state index in [2.05, 4.69) is 0 Å². The van der Waals surface area contributed by atoms with Gasteiger partial charge in [0.05, 0.1) is 23.2 Å². The maximum absolute atomic E-state index is 14.0. The van der Waals surface area contributed by atoms with Gasteiger partial charge in [0.2, 0.25) is 5.91 Å². The van der Waals surface area contributed by atoms with Gasteiger partial charge in [-0.2, -0.15) is 31.6 Å². The standard InChI is InChI=1S/C20H24F6N2O2Si/c1-18(2,3)31(4,5)30-17(20(24,25)26)15-8-9-16(29)28(15)13-7-6-12(11-27)14(10-13)19(21,22)23/h6-7,10,15,17H,8-9H2,1-5H3/t15-,17-/m1/s1. The predicted molar refractivity (Wildman–Crippen MR) is 105 cm³/mol. The summed E-state index contributed by atoms with van der Waals surface area (Å²) in [5.41, 5.74) is -2.32. The second kappa shape index (κ2) is 8.13. The number of benzene rings is 1. The lowest BCUT2D eigenvalue weighted by molar-refractivity contribution is -0.203. The minimum atomic E-state index is -4.90. The highest BCUT2D eigenvalue weighted by molar-refractivity contribution is 6.74. The van der Waals surface area contributed by atoms with Gasteiger partial charge in [-0.1, -0.05) is 20.8 Å². The Balaban J connectivity index is 2.56. The zero-order valence-corrected chi connectivity index (χ0v) is 18.8. The summed E-state index contributed by atoms with van der Waals surface area (Å²) in [6.07, 6.45) is -12.5. The Kier molecular flexibility index (Phi) is 6.61. The second-order valence-corrected chi connectivity index (χ2v) is 13.8. The van der Waals surface area contributed by atoms with Crippen LogP contribution in [-0.4, -0.2) is 32.5 Å². The van der Waals surface area contributed by atoms with Gasteiger partial charge in [-0.15, -0.1) is 0 Å². The molecule has 0 aliphatic carbocycles. The Bertz CT molecular complexity index is 884. The van der Waals surface area contributed by atoms with E-state index in [9.17, 15) is 31.1 Å². The average molecular weight is 466 g/mol. The smallest absolute Gasteiger partial charge is 0.404 e. The largest absolute Gasteiger partial charge is 0.417 e. The van der Waals surface area contributed by atoms with Crippen molar-refractivity contribution in [3.05, 3.63) is 29.3 Å². The Morgan fingerprint density at radius 1 is 1.16 bits per heavy atom. The highest BCUT2D eigenvalue weighted by Gasteiger charge is 2.55. The first-order chi connectivity index (χ1) is 13.9. The Labute approximate surface area is 177 Å². The van der Waals surface area contributed by atoms with Gasteiger partial charge in [-0.3, -0.25) is 4.79 Å². The molecule has 0 saturated carbocycles. The van der Waals surface area contributed by atoms with E-state index < -0.39 is 54.9 Å². The molecule has 172 valence electrons. The van der Waals surface area contributed by atoms with Gasteiger partial charge in [0.15, 0.2) is 14.4 Å². The van der Waals surface area contributed by atoms with Crippen LogP contribution < -0.4 is 4.90 Å². The maximum atomic E-state index is 14.0. The number of carbonyl (C=O) groups excluding carboxylic acids is 1. The van der Waals surface area contributed by atoms with Crippen molar-refractivity contribution in [1.82, 2.24) is 0 Å². The van der Waals surface area contributed by atoms with Crippen molar-refractivity contribution in [2.45, 2.75) is 76.2 Å². The fraction of sp³-hybridized carbons (Fsp3) is 0.600. The normalized spacial score (nSPS) is 19.5. The van der Waals surface area contributed by atoms with Gasteiger partial charge in [0, 0.05) is 12.1 Å². The van der Waals surface area contributed by atoms with E-state index in [4.69, 9.17) is 9.69 Å². The zero-order chi connectivity index (χ0) is 24.0. The van der Waals surface area contributed by atoms with Crippen molar-refractivity contribution in [2.75, 3.05) is 4.90 Å². The highest BCUT2D eigenvalue weighted by Crippen LogP contribution is 2.44. The molecule has 0 spiro atoms. The van der Waals surface area contributed by atoms with Crippen LogP contribution in [0, 0.1) is 11.3 Å². The zero-order valence-electron chi connectivity index (χ0n) is 17.8. The third-order valence-corrected chi connectivity index (χ3v) is 10.3. The average Bonchev–Trinajstić information content (AvgIpc) is 2.97. The lowest BCUT2D eigenvalue weighted by atomic mass is 10.0. The van der Waals surface area contributed by atoms with E-state index in [1.165, 1.54) is 6.07 Å². The highest BCUT2D eigenvalue weighted by atomic mass is 28.4. The molecule has 0 aromatic heterocycles. The van der Waals surface area contributed by atoms with Gasteiger partial charge in [-0.05, 0) is 42.8 Å². The van der Waals surface area contributed by atoms with Crippen LogP contribution in [0.2, 0.25) is 18.1 Å². The molecule has 1 fully saturated rings. The molecule has 2 rings (SSSR count). The van der Waals surface area contributed by atoms with E-state index in [1.54, 1.807) is 33.9 Å². The molecule has 0 unspecified atom stereocenters. The number of nitriles is 1. The molecule has 1 aromatic carbocycles. The lowest BCUT2D eigenvalue weighted by Crippen LogP contribution is -2.56. The summed E-state index contributed by atoms with van der Waals surface area (Å²) >= 11 is 0. The molecule has 31 heavy (non-hydrogen) atoms. The number of rotatable bonds is 4. The Morgan fingerprint density at radius 3 is 2.19 bits per heavy atom. The topological polar surface area (TPSA) is 53.3 Å². The Hall–Kier alpha value is -2.06. The quantitative estimate of drug-likeness (QED) is 0.403. The molecule has 0 bridgehead atoms. The van der Waals surface area contributed by atoms with Gasteiger partial charge in [0.1, 0.15) is 0 Å². The number of alkyl halides is 6. The van der Waals surface area contributed by atoms with Crippen LogP contribution in [-0.2, 0) is 15.4 Å². The third kappa shape index (κ3) is 5.23. The van der Waals surface area contributed by atoms with Crippen LogP contribution in [0.4, 0.5) is 32.0 Å². The predicted octanol–water partition coefficient (Wildman–Crippen LogP) is 6.03. The number of nitrogens with zero attached hydrogens (tertiary/aromatic N) is 2. The molecule has 2 atom stereocenters. The number of hydrogen-bond acceptors (Lipinski definition) is 3. The monoisotopic (exact) mass is 466 g/mol. The second-order valence-electron chi connectivity index (χ2n) is 9.05. The van der Waals surface area contributed by atoms with E-state index in [0.29, 0.717) is 6.07 Å². The van der Waals surface area contributed by atoms with Gasteiger partial charge < -0.3 is 9.33 Å². The van der Waals surface area contributed by atoms with Gasteiger partial charge in [-0.25, -0.2) is 0 Å². The molecule has 1 saturated heterocycles. The lowest BCUT2D eigenvalue weighted by Gasteiger charge is -2.42. The summed E-state index contributed by atoms with van der Waals surface area (Å²) in [5, 5.41) is 8.39. The molecule has 4 nitrogen and oxygen atoms in total. The molecule has 1 amide bonds. The summed E-state index contributed by atoms with van der Waals surface area (Å²) in [6, 6.07) is 2.38. The molecule has 0 N–H and O–H groups in total. The molecule has 1 aromatic rings. The minimum absolute atomic E-state index is 0.209. The van der Waals surface area contributed by atoms with Crippen LogP contribution in [0.25, 0.3) is 0 Å². The summed E-state index contributed by atoms with van der Waals surface area (Å²) < 4.78 is 87.8. The molecule has 1 aliphatic heterocycles. The van der Waals surface area contributed by atoms with Crippen molar-refractivity contribution in [3.8, 4) is 6.07 Å². The first-order valence-corrected chi connectivity index (χ1v) is 12.5. The van der Waals surface area contributed by atoms with Crippen molar-refractivity contribution in [3.63, 3.8) is 0 Å². The van der Waals surface area contributed by atoms with E-state index in [-0.39, 0.29) is 18.5 Å². The number of amides is 1. The molecule has 0 radical (unpaired) electrons. The Morgan fingerprint density at radius 2 is 1.74 bits per heavy atom. The molecule has 1 heterocycles. The summed E-state index contributed by atoms with van der Waals surface area (Å²) in [6.45, 7) is 8.56. The van der Waals surface area contributed by atoms with E-state index >= 15 is 0 Å². The first-order valence-electron chi connectivity index (χ1n) is 9.58. The van der Waals surface area contributed by atoms with Gasteiger partial charge >= 0.3 is 12.4 Å². The van der Waals surface area contributed by atoms with Crippen molar-refractivity contribution in [1.29, 1.82) is 5.26 Å².